The highest BCUT2D eigenvalue weighted by atomic mass is 19.4. The van der Waals surface area contributed by atoms with Crippen LogP contribution in [-0.4, -0.2) is 49.2 Å². The van der Waals surface area contributed by atoms with E-state index in [1.165, 1.54) is 0 Å². The van der Waals surface area contributed by atoms with Gasteiger partial charge in [0.25, 0.3) is 0 Å². The summed E-state index contributed by atoms with van der Waals surface area (Å²) in [6, 6.07) is -0.558. The first-order valence-electron chi connectivity index (χ1n) is 4.25. The van der Waals surface area contributed by atoms with Gasteiger partial charge in [-0.25, -0.2) is 0 Å². The highest BCUT2D eigenvalue weighted by Gasteiger charge is 2.44. The number of nitrogens with two attached hydrogens (primary N) is 1. The average Bonchev–Trinajstić information content (AvgIpc) is 2.15. The molecule has 7 heteroatoms. The summed E-state index contributed by atoms with van der Waals surface area (Å²) in [5, 5.41) is 2.88. The number of alkyl halides is 3. The van der Waals surface area contributed by atoms with E-state index in [-0.39, 0.29) is 13.1 Å². The molecule has 0 aromatic rings. The largest absolute Gasteiger partial charge is 0.471 e. The van der Waals surface area contributed by atoms with Crippen LogP contribution in [0.5, 0.6) is 0 Å². The van der Waals surface area contributed by atoms with Crippen molar-refractivity contribution >= 4 is 5.91 Å². The van der Waals surface area contributed by atoms with Gasteiger partial charge < -0.3 is 16.0 Å². The SMILES string of the molecule is NCC1CNCCN1C(=O)C(F)(F)F. The summed E-state index contributed by atoms with van der Waals surface area (Å²) in [7, 11) is 0. The summed E-state index contributed by atoms with van der Waals surface area (Å²) in [6.45, 7) is 0.783. The Morgan fingerprint density at radius 1 is 1.57 bits per heavy atom. The molecular weight excluding hydrogens is 199 g/mol. The van der Waals surface area contributed by atoms with Gasteiger partial charge in [0.1, 0.15) is 0 Å². The second kappa shape index (κ2) is 4.14. The van der Waals surface area contributed by atoms with E-state index in [1.807, 2.05) is 0 Å². The van der Waals surface area contributed by atoms with Crippen LogP contribution in [0.3, 0.4) is 0 Å². The van der Waals surface area contributed by atoms with Crippen molar-refractivity contribution in [2.75, 3.05) is 26.2 Å². The third kappa shape index (κ3) is 2.36. The standard InChI is InChI=1S/C7H12F3N3O/c8-7(9,10)6(14)13-2-1-12-4-5(13)3-11/h5,12H,1-4,11H2. The third-order valence-electron chi connectivity index (χ3n) is 2.13. The molecule has 0 spiro atoms. The Labute approximate surface area is 79.2 Å². The first-order valence-corrected chi connectivity index (χ1v) is 4.25. The molecule has 82 valence electrons. The van der Waals surface area contributed by atoms with Crippen molar-refractivity contribution in [3.8, 4) is 0 Å². The summed E-state index contributed by atoms with van der Waals surface area (Å²) in [6.07, 6.45) is -4.80. The Hall–Kier alpha value is -0.820. The minimum Gasteiger partial charge on any atom is -0.328 e. The number of hydrogen-bond donors (Lipinski definition) is 2. The second-order valence-corrected chi connectivity index (χ2v) is 3.09. The number of piperazine rings is 1. The van der Waals surface area contributed by atoms with Gasteiger partial charge >= 0.3 is 12.1 Å². The van der Waals surface area contributed by atoms with Crippen molar-refractivity contribution in [1.29, 1.82) is 0 Å². The summed E-state index contributed by atoms with van der Waals surface area (Å²) in [4.78, 5) is 11.7. The van der Waals surface area contributed by atoms with Gasteiger partial charge in [-0.1, -0.05) is 0 Å². The predicted octanol–water partition coefficient (Wildman–Crippen LogP) is -0.692. The fourth-order valence-electron chi connectivity index (χ4n) is 1.40. The van der Waals surface area contributed by atoms with Crippen molar-refractivity contribution in [3.05, 3.63) is 0 Å². The van der Waals surface area contributed by atoms with Crippen molar-refractivity contribution in [3.63, 3.8) is 0 Å². The predicted molar refractivity (Wildman–Crippen MR) is 43.5 cm³/mol. The van der Waals surface area contributed by atoms with Crippen LogP contribution in [0, 0.1) is 0 Å². The molecule has 1 amide bonds. The quantitative estimate of drug-likeness (QED) is 0.603. The molecule has 3 N–H and O–H groups in total. The van der Waals surface area contributed by atoms with E-state index in [2.05, 4.69) is 5.32 Å². The van der Waals surface area contributed by atoms with Gasteiger partial charge in [-0.05, 0) is 0 Å². The number of rotatable bonds is 1. The molecule has 1 fully saturated rings. The molecule has 0 saturated carbocycles. The molecule has 0 aromatic carbocycles. The maximum Gasteiger partial charge on any atom is 0.471 e. The fourth-order valence-corrected chi connectivity index (χ4v) is 1.40. The van der Waals surface area contributed by atoms with E-state index in [0.717, 1.165) is 4.90 Å². The highest BCUT2D eigenvalue weighted by molar-refractivity contribution is 5.82. The van der Waals surface area contributed by atoms with Crippen LogP contribution in [-0.2, 0) is 4.79 Å². The number of halogens is 3. The zero-order valence-electron chi connectivity index (χ0n) is 7.47. The smallest absolute Gasteiger partial charge is 0.328 e. The molecule has 14 heavy (non-hydrogen) atoms. The summed E-state index contributed by atoms with van der Waals surface area (Å²) in [5.74, 6) is -1.80. The van der Waals surface area contributed by atoms with Crippen LogP contribution in [0.1, 0.15) is 0 Å². The number of hydrogen-bond acceptors (Lipinski definition) is 3. The van der Waals surface area contributed by atoms with Gasteiger partial charge in [-0.2, -0.15) is 13.2 Å². The normalized spacial score (nSPS) is 23.7. The lowest BCUT2D eigenvalue weighted by Gasteiger charge is -2.35. The van der Waals surface area contributed by atoms with Gasteiger partial charge in [0.2, 0.25) is 0 Å². The van der Waals surface area contributed by atoms with Crippen LogP contribution in [0.15, 0.2) is 0 Å². The maximum absolute atomic E-state index is 12.1. The van der Waals surface area contributed by atoms with E-state index in [0.29, 0.717) is 13.1 Å². The van der Waals surface area contributed by atoms with Crippen LogP contribution in [0.2, 0.25) is 0 Å². The molecule has 1 atom stereocenters. The van der Waals surface area contributed by atoms with E-state index < -0.39 is 18.1 Å². The zero-order chi connectivity index (χ0) is 10.8. The lowest BCUT2D eigenvalue weighted by molar-refractivity contribution is -0.188. The van der Waals surface area contributed by atoms with Gasteiger partial charge in [-0.15, -0.1) is 0 Å². The molecule has 0 aliphatic carbocycles. The van der Waals surface area contributed by atoms with Crippen molar-refractivity contribution in [1.82, 2.24) is 10.2 Å². The van der Waals surface area contributed by atoms with Crippen LogP contribution in [0.4, 0.5) is 13.2 Å². The van der Waals surface area contributed by atoms with E-state index >= 15 is 0 Å². The van der Waals surface area contributed by atoms with E-state index in [4.69, 9.17) is 5.73 Å². The molecule has 1 unspecified atom stereocenters. The number of carbonyl (C=O) groups is 1. The Morgan fingerprint density at radius 3 is 2.71 bits per heavy atom. The fraction of sp³-hybridized carbons (Fsp3) is 0.857. The first-order chi connectivity index (χ1) is 6.46. The maximum atomic E-state index is 12.1. The lowest BCUT2D eigenvalue weighted by Crippen LogP contribution is -2.59. The molecule has 4 nitrogen and oxygen atoms in total. The molecule has 1 aliphatic rings. The van der Waals surface area contributed by atoms with Crippen LogP contribution < -0.4 is 11.1 Å². The molecular formula is C7H12F3N3O. The Morgan fingerprint density at radius 2 is 2.21 bits per heavy atom. The summed E-state index contributed by atoms with van der Waals surface area (Å²) < 4.78 is 36.3. The van der Waals surface area contributed by atoms with Crippen molar-refractivity contribution in [2.24, 2.45) is 5.73 Å². The monoisotopic (exact) mass is 211 g/mol. The lowest BCUT2D eigenvalue weighted by atomic mass is 10.2. The van der Waals surface area contributed by atoms with Crippen molar-refractivity contribution < 1.29 is 18.0 Å². The Bertz CT molecular complexity index is 219. The summed E-state index contributed by atoms with van der Waals surface area (Å²) in [5.41, 5.74) is 5.27. The molecule has 1 rings (SSSR count). The molecule has 0 aromatic heterocycles. The molecule has 0 radical (unpaired) electrons. The number of amides is 1. The van der Waals surface area contributed by atoms with E-state index in [9.17, 15) is 18.0 Å². The highest BCUT2D eigenvalue weighted by Crippen LogP contribution is 2.20. The van der Waals surface area contributed by atoms with Crippen LogP contribution >= 0.6 is 0 Å². The van der Waals surface area contributed by atoms with Crippen LogP contribution in [0.25, 0.3) is 0 Å². The minimum absolute atomic E-state index is 0.0365. The van der Waals surface area contributed by atoms with E-state index in [1.54, 1.807) is 0 Å². The third-order valence-corrected chi connectivity index (χ3v) is 2.13. The molecule has 1 heterocycles. The van der Waals surface area contributed by atoms with Gasteiger partial charge in [0, 0.05) is 26.2 Å². The Balaban J connectivity index is 2.69. The van der Waals surface area contributed by atoms with Gasteiger partial charge in [0.05, 0.1) is 6.04 Å². The van der Waals surface area contributed by atoms with Gasteiger partial charge in [-0.3, -0.25) is 4.79 Å². The first kappa shape index (κ1) is 11.3. The number of nitrogens with zero attached hydrogens (tertiary/aromatic N) is 1. The molecule has 1 saturated heterocycles. The molecule has 1 aliphatic heterocycles. The summed E-state index contributed by atoms with van der Waals surface area (Å²) >= 11 is 0. The number of carbonyl (C=O) groups excluding carboxylic acids is 1. The van der Waals surface area contributed by atoms with Gasteiger partial charge in [0.15, 0.2) is 0 Å². The topological polar surface area (TPSA) is 58.4 Å². The Kier molecular flexibility index (Phi) is 3.33. The second-order valence-electron chi connectivity index (χ2n) is 3.09. The minimum atomic E-state index is -4.80. The number of nitrogens with one attached hydrogen (secondary N) is 1. The van der Waals surface area contributed by atoms with Crippen molar-refractivity contribution in [2.45, 2.75) is 12.2 Å². The molecule has 0 bridgehead atoms. The average molecular weight is 211 g/mol. The zero-order valence-corrected chi connectivity index (χ0v) is 7.47.